The van der Waals surface area contributed by atoms with Crippen molar-refractivity contribution in [3.63, 3.8) is 0 Å². The highest BCUT2D eigenvalue weighted by Gasteiger charge is 2.08. The third kappa shape index (κ3) is 3.24. The number of hydrogen-bond donors (Lipinski definition) is 0. The maximum Gasteiger partial charge on any atom is 0.0992 e. The fourth-order valence-corrected chi connectivity index (χ4v) is 2.36. The van der Waals surface area contributed by atoms with E-state index in [0.717, 1.165) is 30.4 Å². The molecular formula is C13H17BrN2. The molecule has 1 aromatic rings. The predicted octanol–water partition coefficient (Wildman–Crippen LogP) is 3.95. The topological polar surface area (TPSA) is 27.0 Å². The Bertz CT molecular complexity index is 376. The van der Waals surface area contributed by atoms with E-state index >= 15 is 0 Å². The molecule has 3 heteroatoms. The maximum absolute atomic E-state index is 8.81. The monoisotopic (exact) mass is 280 g/mol. The third-order valence-electron chi connectivity index (χ3n) is 2.40. The predicted molar refractivity (Wildman–Crippen MR) is 71.7 cm³/mol. The second-order valence-corrected chi connectivity index (χ2v) is 4.62. The van der Waals surface area contributed by atoms with E-state index in [2.05, 4.69) is 40.7 Å². The molecule has 0 spiro atoms. The van der Waals surface area contributed by atoms with Gasteiger partial charge in [0.15, 0.2) is 0 Å². The summed E-state index contributed by atoms with van der Waals surface area (Å²) in [6.07, 6.45) is 2.26. The van der Waals surface area contributed by atoms with Crippen molar-refractivity contribution in [2.45, 2.75) is 26.7 Å². The molecule has 0 aliphatic carbocycles. The summed E-state index contributed by atoms with van der Waals surface area (Å²) in [4.78, 5) is 2.35. The maximum atomic E-state index is 8.81. The average Bonchev–Trinajstić information content (AvgIpc) is 2.29. The van der Waals surface area contributed by atoms with Crippen LogP contribution >= 0.6 is 15.9 Å². The van der Waals surface area contributed by atoms with Gasteiger partial charge in [-0.05, 0) is 47.0 Å². The molecule has 1 rings (SSSR count). The van der Waals surface area contributed by atoms with E-state index < -0.39 is 0 Å². The molecule has 0 N–H and O–H groups in total. The van der Waals surface area contributed by atoms with Crippen molar-refractivity contribution in [1.82, 2.24) is 0 Å². The SMILES string of the molecule is CCCN(CCC)c1ccc(C#N)cc1Br. The standard InChI is InChI=1S/C13H17BrN2/c1-3-7-16(8-4-2)13-6-5-11(10-15)9-12(13)14/h5-6,9H,3-4,7-8H2,1-2H3. The number of rotatable bonds is 5. The zero-order valence-electron chi connectivity index (χ0n) is 9.83. The minimum Gasteiger partial charge on any atom is -0.371 e. The molecule has 16 heavy (non-hydrogen) atoms. The zero-order chi connectivity index (χ0) is 12.0. The summed E-state index contributed by atoms with van der Waals surface area (Å²) in [5.74, 6) is 0. The van der Waals surface area contributed by atoms with Gasteiger partial charge in [-0.2, -0.15) is 5.26 Å². The van der Waals surface area contributed by atoms with Crippen LogP contribution in [0.25, 0.3) is 0 Å². The van der Waals surface area contributed by atoms with Crippen LogP contribution in [0.4, 0.5) is 5.69 Å². The molecule has 1 aromatic carbocycles. The Morgan fingerprint density at radius 2 is 1.88 bits per heavy atom. The van der Waals surface area contributed by atoms with Crippen molar-refractivity contribution < 1.29 is 0 Å². The van der Waals surface area contributed by atoms with E-state index in [1.54, 1.807) is 0 Å². The van der Waals surface area contributed by atoms with Crippen LogP contribution in [0.15, 0.2) is 22.7 Å². The van der Waals surface area contributed by atoms with Gasteiger partial charge in [0.2, 0.25) is 0 Å². The Morgan fingerprint density at radius 1 is 1.25 bits per heavy atom. The first-order valence-electron chi connectivity index (χ1n) is 5.67. The number of anilines is 1. The molecular weight excluding hydrogens is 264 g/mol. The molecule has 0 saturated carbocycles. The highest BCUT2D eigenvalue weighted by Crippen LogP contribution is 2.27. The first kappa shape index (κ1) is 13.1. The van der Waals surface area contributed by atoms with Gasteiger partial charge in [-0.25, -0.2) is 0 Å². The van der Waals surface area contributed by atoms with Gasteiger partial charge in [0.1, 0.15) is 0 Å². The van der Waals surface area contributed by atoms with Crippen molar-refractivity contribution in [1.29, 1.82) is 5.26 Å². The summed E-state index contributed by atoms with van der Waals surface area (Å²) >= 11 is 3.54. The molecule has 86 valence electrons. The van der Waals surface area contributed by atoms with Crippen LogP contribution < -0.4 is 4.90 Å². The number of nitrogens with zero attached hydrogens (tertiary/aromatic N) is 2. The molecule has 0 bridgehead atoms. The summed E-state index contributed by atoms with van der Waals surface area (Å²) in [5, 5.41) is 8.81. The van der Waals surface area contributed by atoms with Gasteiger partial charge in [0.05, 0.1) is 17.3 Å². The van der Waals surface area contributed by atoms with Crippen LogP contribution in [0.1, 0.15) is 32.3 Å². The van der Waals surface area contributed by atoms with Gasteiger partial charge < -0.3 is 4.90 Å². The lowest BCUT2D eigenvalue weighted by molar-refractivity contribution is 0.743. The van der Waals surface area contributed by atoms with Crippen molar-refractivity contribution in [3.05, 3.63) is 28.2 Å². The van der Waals surface area contributed by atoms with Crippen LogP contribution in [-0.2, 0) is 0 Å². The van der Waals surface area contributed by atoms with Gasteiger partial charge >= 0.3 is 0 Å². The molecule has 0 unspecified atom stereocenters. The van der Waals surface area contributed by atoms with Crippen molar-refractivity contribution >= 4 is 21.6 Å². The largest absolute Gasteiger partial charge is 0.371 e. The fourth-order valence-electron chi connectivity index (χ4n) is 1.73. The highest BCUT2D eigenvalue weighted by atomic mass is 79.9. The van der Waals surface area contributed by atoms with E-state index in [1.807, 2.05) is 18.2 Å². The number of benzene rings is 1. The second-order valence-electron chi connectivity index (χ2n) is 3.77. The lowest BCUT2D eigenvalue weighted by Gasteiger charge is -2.25. The van der Waals surface area contributed by atoms with E-state index in [-0.39, 0.29) is 0 Å². The Labute approximate surface area is 106 Å². The zero-order valence-corrected chi connectivity index (χ0v) is 11.4. The minimum atomic E-state index is 0.698. The molecule has 0 aliphatic heterocycles. The molecule has 0 fully saturated rings. The van der Waals surface area contributed by atoms with Crippen LogP contribution in [-0.4, -0.2) is 13.1 Å². The molecule has 0 saturated heterocycles. The Hall–Kier alpha value is -1.01. The van der Waals surface area contributed by atoms with Crippen LogP contribution in [0.3, 0.4) is 0 Å². The molecule has 0 radical (unpaired) electrons. The minimum absolute atomic E-state index is 0.698. The van der Waals surface area contributed by atoms with Crippen molar-refractivity contribution in [2.75, 3.05) is 18.0 Å². The summed E-state index contributed by atoms with van der Waals surface area (Å²) in [6.45, 7) is 6.47. The molecule has 0 aromatic heterocycles. The van der Waals surface area contributed by atoms with Crippen LogP contribution in [0, 0.1) is 11.3 Å². The second kappa shape index (κ2) is 6.55. The van der Waals surface area contributed by atoms with E-state index in [1.165, 1.54) is 5.69 Å². The summed E-state index contributed by atoms with van der Waals surface area (Å²) in [5.41, 5.74) is 1.88. The number of hydrogen-bond acceptors (Lipinski definition) is 2. The van der Waals surface area contributed by atoms with Crippen molar-refractivity contribution in [2.24, 2.45) is 0 Å². The number of nitriles is 1. The lowest BCUT2D eigenvalue weighted by Crippen LogP contribution is -2.25. The summed E-state index contributed by atoms with van der Waals surface area (Å²) in [6, 6.07) is 7.93. The highest BCUT2D eigenvalue weighted by molar-refractivity contribution is 9.10. The smallest absolute Gasteiger partial charge is 0.0992 e. The fraction of sp³-hybridized carbons (Fsp3) is 0.462. The van der Waals surface area contributed by atoms with E-state index in [4.69, 9.17) is 5.26 Å². The normalized spacial score (nSPS) is 9.88. The molecule has 0 amide bonds. The Kier molecular flexibility index (Phi) is 5.34. The first-order chi connectivity index (χ1) is 7.72. The van der Waals surface area contributed by atoms with Gasteiger partial charge in [0.25, 0.3) is 0 Å². The van der Waals surface area contributed by atoms with Gasteiger partial charge in [0, 0.05) is 17.6 Å². The Morgan fingerprint density at radius 3 is 2.31 bits per heavy atom. The summed E-state index contributed by atoms with van der Waals surface area (Å²) < 4.78 is 1.01. The third-order valence-corrected chi connectivity index (χ3v) is 3.04. The first-order valence-corrected chi connectivity index (χ1v) is 6.46. The van der Waals surface area contributed by atoms with Gasteiger partial charge in [-0.1, -0.05) is 13.8 Å². The van der Waals surface area contributed by atoms with Crippen LogP contribution in [0.5, 0.6) is 0 Å². The van der Waals surface area contributed by atoms with Gasteiger partial charge in [-0.15, -0.1) is 0 Å². The van der Waals surface area contributed by atoms with Crippen LogP contribution in [0.2, 0.25) is 0 Å². The number of halogens is 1. The molecule has 0 aliphatic rings. The summed E-state index contributed by atoms with van der Waals surface area (Å²) in [7, 11) is 0. The molecule has 0 atom stereocenters. The molecule has 0 heterocycles. The quantitative estimate of drug-likeness (QED) is 0.817. The van der Waals surface area contributed by atoms with E-state index in [9.17, 15) is 0 Å². The van der Waals surface area contributed by atoms with Crippen molar-refractivity contribution in [3.8, 4) is 6.07 Å². The average molecular weight is 281 g/mol. The van der Waals surface area contributed by atoms with E-state index in [0.29, 0.717) is 5.56 Å². The Balaban J connectivity index is 2.96. The van der Waals surface area contributed by atoms with Gasteiger partial charge in [-0.3, -0.25) is 0 Å². The lowest BCUT2D eigenvalue weighted by atomic mass is 10.2. The molecule has 2 nitrogen and oxygen atoms in total.